The topological polar surface area (TPSA) is 125 Å². The van der Waals surface area contributed by atoms with Gasteiger partial charge in [-0.2, -0.15) is 5.10 Å². The molecular formula is C19H22N6O4. The van der Waals surface area contributed by atoms with E-state index in [1.54, 1.807) is 12.4 Å². The van der Waals surface area contributed by atoms with Crippen molar-refractivity contribution in [2.45, 2.75) is 13.0 Å². The molecule has 4 rings (SSSR count). The minimum absolute atomic E-state index is 0.169. The molecule has 10 nitrogen and oxygen atoms in total. The monoisotopic (exact) mass is 398 g/mol. The number of fused-ring (bicyclic) bond motifs is 1. The number of rotatable bonds is 6. The molecule has 1 saturated heterocycles. The summed E-state index contributed by atoms with van der Waals surface area (Å²) in [5.74, 6) is 1.39. The van der Waals surface area contributed by atoms with E-state index >= 15 is 0 Å². The van der Waals surface area contributed by atoms with Gasteiger partial charge in [0.25, 0.3) is 0 Å². The van der Waals surface area contributed by atoms with Crippen LogP contribution in [0.4, 0.5) is 10.6 Å². The van der Waals surface area contributed by atoms with Crippen LogP contribution in [-0.2, 0) is 4.74 Å². The van der Waals surface area contributed by atoms with Crippen molar-refractivity contribution >= 4 is 22.8 Å². The quantitative estimate of drug-likeness (QED) is 0.538. The summed E-state index contributed by atoms with van der Waals surface area (Å²) in [5, 5.41) is 18.8. The molecule has 1 aliphatic rings. The second kappa shape index (κ2) is 8.31. The third-order valence-corrected chi connectivity index (χ3v) is 4.73. The van der Waals surface area contributed by atoms with Gasteiger partial charge in [0.05, 0.1) is 31.5 Å². The Kier molecular flexibility index (Phi) is 5.43. The van der Waals surface area contributed by atoms with E-state index < -0.39 is 6.09 Å². The van der Waals surface area contributed by atoms with Gasteiger partial charge in [-0.25, -0.2) is 9.78 Å². The van der Waals surface area contributed by atoms with E-state index in [2.05, 4.69) is 32.3 Å². The maximum Gasteiger partial charge on any atom is 0.404 e. The van der Waals surface area contributed by atoms with Gasteiger partial charge in [0.1, 0.15) is 29.4 Å². The number of amides is 1. The molecule has 1 aliphatic heterocycles. The maximum absolute atomic E-state index is 10.7. The van der Waals surface area contributed by atoms with Gasteiger partial charge in [0, 0.05) is 30.4 Å². The summed E-state index contributed by atoms with van der Waals surface area (Å²) < 4.78 is 11.5. The van der Waals surface area contributed by atoms with Crippen LogP contribution in [0, 0.1) is 0 Å². The van der Waals surface area contributed by atoms with Crippen LogP contribution < -0.4 is 15.0 Å². The molecule has 4 heterocycles. The van der Waals surface area contributed by atoms with E-state index in [9.17, 15) is 4.79 Å². The summed E-state index contributed by atoms with van der Waals surface area (Å²) in [5.41, 5.74) is 2.12. The standard InChI is InChI=1S/C19H22N6O4/c1-12-11-28-9-7-25(12)16-10-15(29-8-6-21-19(26)27)13-2-4-20-18(17(13)23-16)14-3-5-22-24-14/h2-5,10,12,21H,6-9,11H2,1H3,(H,22,24)(H,26,27)/t12-/m1/s1. The Morgan fingerprint density at radius 3 is 3.10 bits per heavy atom. The van der Waals surface area contributed by atoms with Crippen molar-refractivity contribution in [1.29, 1.82) is 0 Å². The highest BCUT2D eigenvalue weighted by Crippen LogP contribution is 2.34. The highest BCUT2D eigenvalue weighted by atomic mass is 16.5. The number of aromatic amines is 1. The van der Waals surface area contributed by atoms with Crippen LogP contribution in [0.5, 0.6) is 5.75 Å². The smallest absolute Gasteiger partial charge is 0.404 e. The molecular weight excluding hydrogens is 376 g/mol. The van der Waals surface area contributed by atoms with E-state index in [0.717, 1.165) is 23.4 Å². The highest BCUT2D eigenvalue weighted by molar-refractivity contribution is 5.95. The summed E-state index contributed by atoms with van der Waals surface area (Å²) in [7, 11) is 0. The molecule has 0 unspecified atom stereocenters. The van der Waals surface area contributed by atoms with E-state index in [1.165, 1.54) is 0 Å². The predicted octanol–water partition coefficient (Wildman–Crippen LogP) is 1.89. The maximum atomic E-state index is 10.7. The number of H-pyrrole nitrogens is 1. The number of carbonyl (C=O) groups is 1. The van der Waals surface area contributed by atoms with Crippen molar-refractivity contribution in [2.24, 2.45) is 0 Å². The van der Waals surface area contributed by atoms with Crippen LogP contribution in [0.3, 0.4) is 0 Å². The van der Waals surface area contributed by atoms with Crippen LogP contribution in [0.15, 0.2) is 30.6 Å². The fraction of sp³-hybridized carbons (Fsp3) is 0.368. The lowest BCUT2D eigenvalue weighted by Gasteiger charge is -2.34. The van der Waals surface area contributed by atoms with Gasteiger partial charge in [-0.15, -0.1) is 0 Å². The van der Waals surface area contributed by atoms with Crippen molar-refractivity contribution < 1.29 is 19.4 Å². The van der Waals surface area contributed by atoms with Crippen LogP contribution >= 0.6 is 0 Å². The SMILES string of the molecule is C[C@@H]1COCCN1c1cc(OCCNC(=O)O)c2ccnc(-c3ccn[nH]3)c2n1. The first kappa shape index (κ1) is 18.9. The zero-order chi connectivity index (χ0) is 20.2. The normalized spacial score (nSPS) is 16.7. The molecule has 0 bridgehead atoms. The highest BCUT2D eigenvalue weighted by Gasteiger charge is 2.23. The predicted molar refractivity (Wildman–Crippen MR) is 106 cm³/mol. The number of carboxylic acid groups (broad SMARTS) is 1. The third-order valence-electron chi connectivity index (χ3n) is 4.73. The summed E-state index contributed by atoms with van der Waals surface area (Å²) in [6.45, 7) is 4.44. The first-order valence-corrected chi connectivity index (χ1v) is 9.37. The number of nitrogens with zero attached hydrogens (tertiary/aromatic N) is 4. The average molecular weight is 398 g/mol. The fourth-order valence-corrected chi connectivity index (χ4v) is 3.35. The second-order valence-corrected chi connectivity index (χ2v) is 6.70. The summed E-state index contributed by atoms with van der Waals surface area (Å²) in [6, 6.07) is 5.74. The van der Waals surface area contributed by atoms with E-state index in [0.29, 0.717) is 30.2 Å². The van der Waals surface area contributed by atoms with Gasteiger partial charge in [-0.05, 0) is 19.1 Å². The number of pyridine rings is 2. The number of hydrogen-bond acceptors (Lipinski definition) is 7. The molecule has 3 aromatic rings. The van der Waals surface area contributed by atoms with E-state index in [1.807, 2.05) is 18.2 Å². The van der Waals surface area contributed by atoms with Gasteiger partial charge in [0.2, 0.25) is 0 Å². The fourth-order valence-electron chi connectivity index (χ4n) is 3.35. The molecule has 1 fully saturated rings. The molecule has 3 aromatic heterocycles. The number of anilines is 1. The van der Waals surface area contributed by atoms with Gasteiger partial charge in [-0.3, -0.25) is 10.1 Å². The molecule has 29 heavy (non-hydrogen) atoms. The van der Waals surface area contributed by atoms with Crippen LogP contribution in [0.25, 0.3) is 22.3 Å². The van der Waals surface area contributed by atoms with Gasteiger partial charge in [-0.1, -0.05) is 0 Å². The summed E-state index contributed by atoms with van der Waals surface area (Å²) >= 11 is 0. The Balaban J connectivity index is 1.76. The van der Waals surface area contributed by atoms with Crippen molar-refractivity contribution in [3.63, 3.8) is 0 Å². The lowest BCUT2D eigenvalue weighted by atomic mass is 10.1. The summed E-state index contributed by atoms with van der Waals surface area (Å²) in [4.78, 5) is 22.2. The zero-order valence-corrected chi connectivity index (χ0v) is 16.0. The molecule has 152 valence electrons. The minimum Gasteiger partial charge on any atom is -0.491 e. The van der Waals surface area contributed by atoms with Gasteiger partial charge < -0.3 is 24.8 Å². The first-order chi connectivity index (χ1) is 14.1. The number of aromatic nitrogens is 4. The van der Waals surface area contributed by atoms with Crippen molar-refractivity contribution in [2.75, 3.05) is 37.8 Å². The Morgan fingerprint density at radius 2 is 2.34 bits per heavy atom. The molecule has 10 heteroatoms. The lowest BCUT2D eigenvalue weighted by Crippen LogP contribution is -2.44. The van der Waals surface area contributed by atoms with Gasteiger partial charge >= 0.3 is 6.09 Å². The molecule has 1 amide bonds. The average Bonchev–Trinajstić information content (AvgIpc) is 3.25. The molecule has 3 N–H and O–H groups in total. The lowest BCUT2D eigenvalue weighted by molar-refractivity contribution is 0.0985. The number of hydrogen-bond donors (Lipinski definition) is 3. The largest absolute Gasteiger partial charge is 0.491 e. The first-order valence-electron chi connectivity index (χ1n) is 9.37. The Bertz CT molecular complexity index is 994. The Labute approximate surface area is 166 Å². The van der Waals surface area contributed by atoms with Crippen LogP contribution in [-0.4, -0.2) is 70.3 Å². The van der Waals surface area contributed by atoms with E-state index in [4.69, 9.17) is 19.6 Å². The third kappa shape index (κ3) is 4.06. The Morgan fingerprint density at radius 1 is 1.45 bits per heavy atom. The molecule has 1 atom stereocenters. The molecule has 0 radical (unpaired) electrons. The number of ether oxygens (including phenoxy) is 2. The van der Waals surface area contributed by atoms with Crippen molar-refractivity contribution in [3.8, 4) is 17.1 Å². The molecule has 0 saturated carbocycles. The van der Waals surface area contributed by atoms with Crippen molar-refractivity contribution in [3.05, 3.63) is 30.6 Å². The molecule has 0 aromatic carbocycles. The van der Waals surface area contributed by atoms with Crippen LogP contribution in [0.2, 0.25) is 0 Å². The van der Waals surface area contributed by atoms with E-state index in [-0.39, 0.29) is 19.2 Å². The molecule has 0 aliphatic carbocycles. The second-order valence-electron chi connectivity index (χ2n) is 6.70. The number of morpholine rings is 1. The summed E-state index contributed by atoms with van der Waals surface area (Å²) in [6.07, 6.45) is 2.28. The molecule has 0 spiro atoms. The minimum atomic E-state index is -1.08. The van der Waals surface area contributed by atoms with Crippen LogP contribution in [0.1, 0.15) is 6.92 Å². The Hall–Kier alpha value is -3.40. The zero-order valence-electron chi connectivity index (χ0n) is 16.0. The van der Waals surface area contributed by atoms with Crippen molar-refractivity contribution in [1.82, 2.24) is 25.5 Å². The number of nitrogens with one attached hydrogen (secondary N) is 2. The van der Waals surface area contributed by atoms with Gasteiger partial charge in [0.15, 0.2) is 0 Å².